The molecule has 5 rings (SSSR count). The zero-order valence-corrected chi connectivity index (χ0v) is 19.2. The van der Waals surface area contributed by atoms with E-state index in [-0.39, 0.29) is 12.1 Å². The van der Waals surface area contributed by atoms with E-state index in [1.807, 2.05) is 24.3 Å². The fraction of sp³-hybridized carbons (Fsp3) is 0.0741. The van der Waals surface area contributed by atoms with Gasteiger partial charge in [0, 0.05) is 17.1 Å². The van der Waals surface area contributed by atoms with Crippen LogP contribution in [0.4, 0.5) is 15.9 Å². The largest absolute Gasteiger partial charge is 0.467 e. The Balaban J connectivity index is 1.33. The highest BCUT2D eigenvalue weighted by Gasteiger charge is 2.17. The molecule has 9 heteroatoms. The van der Waals surface area contributed by atoms with Gasteiger partial charge in [-0.15, -0.1) is 0 Å². The van der Waals surface area contributed by atoms with Crippen molar-refractivity contribution in [2.75, 3.05) is 10.7 Å². The lowest BCUT2D eigenvalue weighted by Gasteiger charge is -2.09. The van der Waals surface area contributed by atoms with E-state index in [0.717, 1.165) is 16.5 Å². The summed E-state index contributed by atoms with van der Waals surface area (Å²) in [6, 6.07) is 21.5. The molecule has 3 aromatic heterocycles. The van der Waals surface area contributed by atoms with Gasteiger partial charge in [-0.25, -0.2) is 9.37 Å². The number of aromatic amines is 1. The lowest BCUT2D eigenvalue weighted by molar-refractivity contribution is -0.347. The summed E-state index contributed by atoms with van der Waals surface area (Å²) < 4.78 is 20.0. The van der Waals surface area contributed by atoms with Gasteiger partial charge in [-0.05, 0) is 66.2 Å². The van der Waals surface area contributed by atoms with E-state index < -0.39 is 11.7 Å². The summed E-state index contributed by atoms with van der Waals surface area (Å²) in [5.74, 6) is 5.78. The van der Waals surface area contributed by atoms with E-state index >= 15 is 0 Å². The van der Waals surface area contributed by atoms with Crippen molar-refractivity contribution in [2.45, 2.75) is 13.1 Å². The predicted octanol–water partition coefficient (Wildman–Crippen LogP) is 4.28. The molecule has 0 aliphatic carbocycles. The molecule has 3 heterocycles. The number of hydrazine groups is 1. The van der Waals surface area contributed by atoms with Crippen LogP contribution in [0.2, 0.25) is 0 Å². The number of carbonyl (C=O) groups is 1. The van der Waals surface area contributed by atoms with Crippen molar-refractivity contribution in [2.24, 2.45) is 5.84 Å². The number of amides is 1. The van der Waals surface area contributed by atoms with Crippen molar-refractivity contribution in [3.05, 3.63) is 108 Å². The number of fused-ring (bicyclic) bond motifs is 1. The van der Waals surface area contributed by atoms with Gasteiger partial charge in [0.25, 0.3) is 11.7 Å². The van der Waals surface area contributed by atoms with Crippen LogP contribution in [0.1, 0.15) is 21.7 Å². The minimum atomic E-state index is -0.627. The van der Waals surface area contributed by atoms with Crippen molar-refractivity contribution < 1.29 is 18.6 Å². The molecule has 1 amide bonds. The van der Waals surface area contributed by atoms with Gasteiger partial charge in [0.2, 0.25) is 0 Å². The van der Waals surface area contributed by atoms with Gasteiger partial charge in [0.05, 0.1) is 23.9 Å². The Hall–Kier alpha value is -4.76. The first kappa shape index (κ1) is 23.0. The van der Waals surface area contributed by atoms with E-state index in [0.29, 0.717) is 35.1 Å². The van der Waals surface area contributed by atoms with Crippen LogP contribution in [-0.2, 0) is 13.1 Å². The molecule has 0 aliphatic heterocycles. The number of benzene rings is 2. The Morgan fingerprint density at radius 2 is 1.94 bits per heavy atom. The second-order valence-electron chi connectivity index (χ2n) is 8.15. The van der Waals surface area contributed by atoms with E-state index in [4.69, 9.17) is 10.3 Å². The van der Waals surface area contributed by atoms with Crippen LogP contribution in [-0.4, -0.2) is 10.9 Å². The molecular weight excluding hydrogens is 459 g/mol. The first-order valence-electron chi connectivity index (χ1n) is 11.3. The normalized spacial score (nSPS) is 10.8. The number of halogens is 1. The third-order valence-corrected chi connectivity index (χ3v) is 5.77. The minimum Gasteiger partial charge on any atom is -0.467 e. The van der Waals surface area contributed by atoms with Gasteiger partial charge in [0.15, 0.2) is 0 Å². The van der Waals surface area contributed by atoms with Crippen molar-refractivity contribution >= 4 is 28.3 Å². The molecule has 180 valence electrons. The molecule has 0 radical (unpaired) electrons. The summed E-state index contributed by atoms with van der Waals surface area (Å²) >= 11 is 0. The summed E-state index contributed by atoms with van der Waals surface area (Å²) in [5, 5.41) is 7.05. The fourth-order valence-corrected chi connectivity index (χ4v) is 3.89. The molecule has 8 nitrogen and oxygen atoms in total. The van der Waals surface area contributed by atoms with E-state index in [9.17, 15) is 9.18 Å². The smallest absolute Gasteiger partial charge is 0.298 e. The highest BCUT2D eigenvalue weighted by atomic mass is 19.1. The minimum absolute atomic E-state index is 0.0466. The maximum atomic E-state index is 14.8. The summed E-state index contributed by atoms with van der Waals surface area (Å²) in [5.41, 5.74) is 6.49. The average Bonchev–Trinajstić information content (AvgIpc) is 3.44. The zero-order valence-electron chi connectivity index (χ0n) is 19.2. The second-order valence-corrected chi connectivity index (χ2v) is 8.15. The molecule has 0 saturated carbocycles. The Kier molecular flexibility index (Phi) is 6.55. The third-order valence-electron chi connectivity index (χ3n) is 5.77. The molecule has 2 aromatic carbocycles. The lowest BCUT2D eigenvalue weighted by Crippen LogP contribution is -2.24. The van der Waals surface area contributed by atoms with E-state index in [2.05, 4.69) is 32.1 Å². The predicted molar refractivity (Wildman–Crippen MR) is 135 cm³/mol. The summed E-state index contributed by atoms with van der Waals surface area (Å²) in [6.45, 7) is 0.708. The highest BCUT2D eigenvalue weighted by molar-refractivity contribution is 5.94. The van der Waals surface area contributed by atoms with Crippen LogP contribution in [0.5, 0.6) is 0 Å². The van der Waals surface area contributed by atoms with Crippen LogP contribution in [0.3, 0.4) is 0 Å². The summed E-state index contributed by atoms with van der Waals surface area (Å²) in [4.78, 5) is 20.0. The maximum Gasteiger partial charge on any atom is 0.298 e. The molecule has 36 heavy (non-hydrogen) atoms. The third kappa shape index (κ3) is 5.01. The van der Waals surface area contributed by atoms with Crippen LogP contribution in [0.15, 0.2) is 89.7 Å². The Morgan fingerprint density at radius 1 is 1.03 bits per heavy atom. The van der Waals surface area contributed by atoms with Gasteiger partial charge >= 0.3 is 0 Å². The number of nitrogens with zero attached hydrogens (tertiary/aromatic N) is 1. The summed E-state index contributed by atoms with van der Waals surface area (Å²) in [7, 11) is 0. The number of nitrogen functional groups attached to an aromatic ring is 1. The number of hydrogen-bond donors (Lipinski definition) is 4. The number of rotatable bonds is 8. The number of carbonyl (C=O) groups excluding carboxylic acids is 1. The zero-order chi connectivity index (χ0) is 24.9. The lowest BCUT2D eigenvalue weighted by atomic mass is 10.1. The monoisotopic (exact) mass is 483 g/mol. The van der Waals surface area contributed by atoms with E-state index in [1.165, 1.54) is 18.4 Å². The van der Waals surface area contributed by atoms with Gasteiger partial charge in [0.1, 0.15) is 29.5 Å². The highest BCUT2D eigenvalue weighted by Crippen LogP contribution is 2.24. The molecule has 0 saturated heterocycles. The van der Waals surface area contributed by atoms with E-state index in [1.54, 1.807) is 36.5 Å². The Morgan fingerprint density at radius 3 is 2.75 bits per heavy atom. The second kappa shape index (κ2) is 10.2. The van der Waals surface area contributed by atoms with Crippen LogP contribution < -0.4 is 26.9 Å². The molecule has 0 bridgehead atoms. The number of anilines is 2. The number of pyridine rings is 2. The number of furan rings is 1. The number of nitrogens with two attached hydrogens (primary N) is 1. The molecule has 0 unspecified atom stereocenters. The van der Waals surface area contributed by atoms with Crippen molar-refractivity contribution in [1.82, 2.24) is 10.3 Å². The number of nitrogens with one attached hydrogen (secondary N) is 4. The average molecular weight is 484 g/mol. The molecular formula is C27H24FN6O2+. The fourth-order valence-electron chi connectivity index (χ4n) is 3.89. The number of aromatic nitrogens is 2. The Labute approximate surface area is 206 Å². The van der Waals surface area contributed by atoms with Gasteiger partial charge in [-0.3, -0.25) is 20.9 Å². The molecule has 0 spiro atoms. The summed E-state index contributed by atoms with van der Waals surface area (Å²) in [6.07, 6.45) is 3.28. The van der Waals surface area contributed by atoms with Crippen molar-refractivity contribution in [3.63, 3.8) is 0 Å². The number of H-pyrrole nitrogens is 1. The van der Waals surface area contributed by atoms with Crippen LogP contribution >= 0.6 is 0 Å². The molecule has 0 atom stereocenters. The number of hydrogen-bond acceptors (Lipinski definition) is 6. The first-order valence-corrected chi connectivity index (χ1v) is 11.3. The standard InChI is InChI=1S/C27H23FN6O2/c28-22-14-19(6-7-21(22)27(35)32-16-20-4-2-12-36-20)24-9-10-25(34-29)26(33-24)31-15-17-5-8-23-18(13-17)3-1-11-30-23/h1-14,34H,15-16,29H2,(H,31,33)(H,32,35)/p+1. The van der Waals surface area contributed by atoms with Gasteiger partial charge < -0.3 is 15.2 Å². The van der Waals surface area contributed by atoms with Crippen molar-refractivity contribution in [3.8, 4) is 11.3 Å². The maximum absolute atomic E-state index is 14.8. The first-order chi connectivity index (χ1) is 17.6. The molecule has 5 aromatic rings. The molecule has 6 N–H and O–H groups in total. The van der Waals surface area contributed by atoms with Crippen LogP contribution in [0.25, 0.3) is 22.2 Å². The van der Waals surface area contributed by atoms with Crippen LogP contribution in [0, 0.1) is 5.82 Å². The Bertz CT molecular complexity index is 1520. The van der Waals surface area contributed by atoms with Gasteiger partial charge in [-0.1, -0.05) is 12.1 Å². The quantitative estimate of drug-likeness (QED) is 0.193. The topological polar surface area (TPSA) is 119 Å². The van der Waals surface area contributed by atoms with Crippen molar-refractivity contribution in [1.29, 1.82) is 0 Å². The van der Waals surface area contributed by atoms with Gasteiger partial charge in [-0.2, -0.15) is 0 Å². The molecule has 0 fully saturated rings. The SMILES string of the molecule is NNc1ccc(-c2ccc(C(=O)NCc3ccco3)c(F)c2)[nH+]c1NCc1ccc2ncccc2c1. The molecule has 0 aliphatic rings.